The smallest absolute Gasteiger partial charge is 0.407 e. The van der Waals surface area contributed by atoms with E-state index < -0.39 is 174 Å². The molecule has 2 fully saturated rings. The van der Waals surface area contributed by atoms with Crippen molar-refractivity contribution >= 4 is 50.7 Å². The fourth-order valence-electron chi connectivity index (χ4n) is 8.66. The van der Waals surface area contributed by atoms with Gasteiger partial charge in [-0.3, -0.25) is 24.0 Å². The van der Waals surface area contributed by atoms with Crippen molar-refractivity contribution in [1.29, 1.82) is 0 Å². The first-order valence-corrected chi connectivity index (χ1v) is 24.3. The molecule has 0 spiro atoms. The van der Waals surface area contributed by atoms with Gasteiger partial charge < -0.3 is 58.2 Å². The molecule has 3 aromatic carbocycles. The first-order valence-electron chi connectivity index (χ1n) is 22.2. The molecule has 1 aromatic heterocycles. The maximum atomic E-state index is 14.9. The Morgan fingerprint density at radius 2 is 1.32 bits per heavy atom. The highest BCUT2D eigenvalue weighted by Crippen LogP contribution is 2.45. The molecule has 0 radical (unpaired) electrons. The average Bonchev–Trinajstić information content (AvgIpc) is 3.88. The summed E-state index contributed by atoms with van der Waals surface area (Å²) < 4.78 is 123. The van der Waals surface area contributed by atoms with Crippen LogP contribution < -0.4 is 19.8 Å². The van der Waals surface area contributed by atoms with Crippen LogP contribution in [0.4, 0.5) is 26.7 Å². The lowest BCUT2D eigenvalue weighted by Crippen LogP contribution is -2.65. The van der Waals surface area contributed by atoms with Crippen LogP contribution in [-0.4, -0.2) is 132 Å². The Morgan fingerprint density at radius 3 is 1.87 bits per heavy atom. The Labute approximate surface area is 425 Å². The molecule has 0 unspecified atom stereocenters. The number of carbonyl (C=O) groups is 5. The van der Waals surface area contributed by atoms with E-state index in [1.807, 2.05) is 12.1 Å². The quantitative estimate of drug-likeness (QED) is 0.0129. The minimum Gasteiger partial charge on any atom is -0.463 e. The number of carbonyl (C=O) groups excluding carboxylic acids is 5. The minimum absolute atomic E-state index is 0.397. The van der Waals surface area contributed by atoms with Crippen molar-refractivity contribution in [1.82, 2.24) is 9.88 Å². The molecule has 7 rings (SSSR count). The number of rotatable bonds is 17. The second-order valence-corrected chi connectivity index (χ2v) is 18.7. The van der Waals surface area contributed by atoms with Gasteiger partial charge in [0.2, 0.25) is 34.8 Å². The van der Waals surface area contributed by atoms with Gasteiger partial charge in [-0.25, -0.2) is 27.3 Å². The Balaban J connectivity index is 1.23. The Kier molecular flexibility index (Phi) is 17.7. The zero-order valence-corrected chi connectivity index (χ0v) is 40.8. The van der Waals surface area contributed by atoms with Crippen molar-refractivity contribution in [3.8, 4) is 16.9 Å². The van der Waals surface area contributed by atoms with Gasteiger partial charge in [0.15, 0.2) is 30.8 Å². The predicted molar refractivity (Wildman–Crippen MR) is 242 cm³/mol. The Morgan fingerprint density at radius 1 is 0.773 bits per heavy atom. The van der Waals surface area contributed by atoms with Gasteiger partial charge in [0, 0.05) is 31.6 Å². The van der Waals surface area contributed by atoms with E-state index in [-0.39, 0.29) is 0 Å². The number of aliphatic hydroxyl groups excluding tert-OH is 2. The molecule has 75 heavy (non-hydrogen) atoms. The van der Waals surface area contributed by atoms with E-state index in [0.717, 1.165) is 49.9 Å². The second-order valence-electron chi connectivity index (χ2n) is 16.7. The van der Waals surface area contributed by atoms with Crippen LogP contribution >= 0.6 is 20.7 Å². The number of benzene rings is 3. The summed E-state index contributed by atoms with van der Waals surface area (Å²) in [5, 5.41) is 27.8. The maximum Gasteiger partial charge on any atom is 0.407 e. The number of aromatic nitrogens is 1. The van der Waals surface area contributed by atoms with Crippen LogP contribution in [0.3, 0.4) is 0 Å². The standard InChI is InChI=1S/C45H42F5N5O18S2/c1-16(32(40(61)72-37-30(49)28(47)27(46)29(48)31(37)50)52-43(62)66-14-24-22-11-7-5-9-20(22)21-10-6-8-12-23(21)24)67-41-33(53-54-51)38(35(60)25(13-56)70-41)73-42-34(55-44(63)74-75-45(55)64)39(69-19(4)59)36(68-18(3)58)26(71-42)15-65-17(2)57/h5-12,16,24-26,32-36,38-39,41-42,56,60H,13-15H2,1-4H3,(H,52,62)/t16-,25-,26-,32+,33-,34-,35+,36-,38-,39-,41+,42+/m1/s1. The molecule has 2 saturated heterocycles. The van der Waals surface area contributed by atoms with Crippen molar-refractivity contribution in [3.05, 3.63) is 119 Å². The van der Waals surface area contributed by atoms with Crippen LogP contribution in [0.1, 0.15) is 50.8 Å². The molecule has 4 aromatic rings. The van der Waals surface area contributed by atoms with Crippen molar-refractivity contribution < 1.29 is 98.8 Å². The number of halogens is 5. The van der Waals surface area contributed by atoms with Crippen LogP contribution in [-0.2, 0) is 57.1 Å². The summed E-state index contributed by atoms with van der Waals surface area (Å²) >= 11 is 0. The van der Waals surface area contributed by atoms with Crippen molar-refractivity contribution in [2.24, 2.45) is 5.11 Å². The third-order valence-corrected chi connectivity index (χ3v) is 13.8. The van der Waals surface area contributed by atoms with E-state index in [1.54, 1.807) is 36.4 Å². The van der Waals surface area contributed by atoms with Gasteiger partial charge in [-0.05, 0) is 55.4 Å². The highest BCUT2D eigenvalue weighted by Gasteiger charge is 2.56. The number of alkyl carbamates (subject to hydrolysis) is 1. The number of ether oxygens (including phenoxy) is 9. The third kappa shape index (κ3) is 11.8. The summed E-state index contributed by atoms with van der Waals surface area (Å²) in [6.07, 6.45) is -19.1. The van der Waals surface area contributed by atoms with Gasteiger partial charge in [-0.1, -0.05) is 53.6 Å². The molecule has 3 N–H and O–H groups in total. The van der Waals surface area contributed by atoms with E-state index in [2.05, 4.69) is 15.3 Å². The first-order chi connectivity index (χ1) is 35.7. The van der Waals surface area contributed by atoms with Crippen LogP contribution in [0, 0.1) is 29.1 Å². The van der Waals surface area contributed by atoms with Gasteiger partial charge in [0.05, 0.1) is 12.7 Å². The predicted octanol–water partition coefficient (Wildman–Crippen LogP) is 3.78. The summed E-state index contributed by atoms with van der Waals surface area (Å²) in [5.74, 6) is -20.4. The van der Waals surface area contributed by atoms with Crippen LogP contribution in [0.25, 0.3) is 21.6 Å². The van der Waals surface area contributed by atoms with Gasteiger partial charge in [0.1, 0.15) is 49.7 Å². The lowest BCUT2D eigenvalue weighted by atomic mass is 9.94. The van der Waals surface area contributed by atoms with E-state index in [0.29, 0.717) is 25.2 Å². The molecule has 30 heteroatoms. The highest BCUT2D eigenvalue weighted by atomic mass is 32.9. The molecule has 23 nitrogen and oxygen atoms in total. The number of hydrogen-bond acceptors (Lipinski definition) is 21. The molecule has 2 aliphatic heterocycles. The number of esters is 4. The third-order valence-electron chi connectivity index (χ3n) is 11.9. The zero-order chi connectivity index (χ0) is 54.6. The van der Waals surface area contributed by atoms with Crippen LogP contribution in [0.5, 0.6) is 5.75 Å². The second kappa shape index (κ2) is 23.8. The van der Waals surface area contributed by atoms with E-state index >= 15 is 0 Å². The number of fused-ring (bicyclic) bond motifs is 3. The first kappa shape index (κ1) is 55.9. The zero-order valence-electron chi connectivity index (χ0n) is 39.2. The molecule has 402 valence electrons. The molecule has 3 heterocycles. The lowest BCUT2D eigenvalue weighted by Gasteiger charge is -2.48. The topological polar surface area (TPSA) is 309 Å². The summed E-state index contributed by atoms with van der Waals surface area (Å²) in [4.78, 5) is 92.1. The van der Waals surface area contributed by atoms with E-state index in [1.165, 1.54) is 0 Å². The number of nitrogens with zero attached hydrogens (tertiary/aromatic N) is 4. The summed E-state index contributed by atoms with van der Waals surface area (Å²) in [6.45, 7) is 1.53. The van der Waals surface area contributed by atoms with Gasteiger partial charge >= 0.3 is 39.7 Å². The fourth-order valence-corrected chi connectivity index (χ4v) is 10.3. The van der Waals surface area contributed by atoms with Crippen LogP contribution in [0.2, 0.25) is 0 Å². The number of aliphatic hydroxyl groups is 2. The SMILES string of the molecule is CC(=O)OC[C@H]1O[C@@H](O[C@H]2[C@@H](O)[C@@H](CO)O[C@H](O[C@H](C)[C@H](NC(=O)OCC3c4ccccc4-c4ccccc43)C(=O)Oc3c(F)c(F)c(F)c(F)c3F)[C@@H]2N=[N+]=[N-])[C@H](n2c(=O)ssc2=O)[C@@H](OC(C)=O)[C@@H]1OC(C)=O. The van der Waals surface area contributed by atoms with E-state index in [9.17, 15) is 71.3 Å². The maximum absolute atomic E-state index is 14.9. The van der Waals surface area contributed by atoms with Crippen molar-refractivity contribution in [3.63, 3.8) is 0 Å². The van der Waals surface area contributed by atoms with Gasteiger partial charge in [-0.15, -0.1) is 0 Å². The molecule has 12 atom stereocenters. The molecule has 3 aliphatic rings. The Bertz CT molecular complexity index is 2910. The van der Waals surface area contributed by atoms with Crippen molar-refractivity contribution in [2.45, 2.75) is 107 Å². The molecule has 0 bridgehead atoms. The summed E-state index contributed by atoms with van der Waals surface area (Å²) in [6, 6.07) is 7.89. The number of nitrogens with one attached hydrogen (secondary N) is 1. The van der Waals surface area contributed by atoms with Crippen LogP contribution in [0.15, 0.2) is 63.2 Å². The highest BCUT2D eigenvalue weighted by molar-refractivity contribution is 7.67. The molecule has 1 amide bonds. The Hall–Kier alpha value is -6.89. The molecule has 0 saturated carbocycles. The normalized spacial score (nSPS) is 24.8. The number of hydrogen-bond donors (Lipinski definition) is 3. The molecular weight excluding hydrogens is 1060 g/mol. The number of amides is 1. The van der Waals surface area contributed by atoms with Crippen molar-refractivity contribution in [2.75, 3.05) is 19.8 Å². The fraction of sp³-hybridized carbons (Fsp3) is 0.444. The van der Waals surface area contributed by atoms with Gasteiger partial charge in [-0.2, -0.15) is 8.78 Å². The lowest BCUT2D eigenvalue weighted by molar-refractivity contribution is -0.336. The molecular formula is C45H42F5N5O18S2. The van der Waals surface area contributed by atoms with Gasteiger partial charge in [0.25, 0.3) is 0 Å². The monoisotopic (exact) mass is 1100 g/mol. The summed E-state index contributed by atoms with van der Waals surface area (Å²) in [7, 11) is 0.816. The minimum atomic E-state index is -2.60. The summed E-state index contributed by atoms with van der Waals surface area (Å²) in [5.41, 5.74) is 13.0. The largest absolute Gasteiger partial charge is 0.463 e. The average molecular weight is 1100 g/mol. The number of azide groups is 1. The van der Waals surface area contributed by atoms with E-state index in [4.69, 9.17) is 42.6 Å². The molecule has 1 aliphatic carbocycles.